The summed E-state index contributed by atoms with van der Waals surface area (Å²) < 4.78 is 26.1. The van der Waals surface area contributed by atoms with Gasteiger partial charge in [-0.25, -0.2) is 9.78 Å². The first-order valence-electron chi connectivity index (χ1n) is 6.74. The van der Waals surface area contributed by atoms with Crippen LogP contribution in [0.15, 0.2) is 81.6 Å². The van der Waals surface area contributed by atoms with Gasteiger partial charge in [0.1, 0.15) is 0 Å². The number of aromatic amines is 2. The highest BCUT2D eigenvalue weighted by atomic mass is 32.2. The van der Waals surface area contributed by atoms with E-state index < -0.39 is 15.7 Å². The molecule has 0 spiro atoms. The molecule has 124 valence electrons. The smallest absolute Gasteiger partial charge is 0.314 e. The van der Waals surface area contributed by atoms with Crippen molar-refractivity contribution >= 4 is 15.7 Å². The summed E-state index contributed by atoms with van der Waals surface area (Å²) in [4.78, 5) is 28.5. The third-order valence-corrected chi connectivity index (χ3v) is 3.92. The number of hydrogen-bond donors (Lipinski definition) is 3. The third kappa shape index (κ3) is 5.21. The molecule has 3 aromatic rings. The summed E-state index contributed by atoms with van der Waals surface area (Å²) >= 11 is 0. The summed E-state index contributed by atoms with van der Waals surface area (Å²) in [5.41, 5.74) is -0.334. The number of nitrogens with zero attached hydrogens (tertiary/aromatic N) is 1. The van der Waals surface area contributed by atoms with E-state index in [1.165, 1.54) is 24.5 Å². The van der Waals surface area contributed by atoms with Crippen LogP contribution in [0.4, 0.5) is 5.69 Å². The zero-order valence-corrected chi connectivity index (χ0v) is 13.2. The Morgan fingerprint density at radius 1 is 0.917 bits per heavy atom. The van der Waals surface area contributed by atoms with Crippen LogP contribution >= 0.6 is 0 Å². The van der Waals surface area contributed by atoms with E-state index in [4.69, 9.17) is 0 Å². The van der Waals surface area contributed by atoms with Crippen LogP contribution in [0, 0.1) is 0 Å². The highest BCUT2D eigenvalue weighted by Gasteiger charge is 2.14. The van der Waals surface area contributed by atoms with E-state index >= 15 is 0 Å². The van der Waals surface area contributed by atoms with E-state index in [2.05, 4.69) is 14.7 Å². The number of hydrogen-bond acceptors (Lipinski definition) is 5. The van der Waals surface area contributed by atoms with Crippen LogP contribution < -0.4 is 16.0 Å². The number of H-pyrrole nitrogens is 2. The minimum Gasteiger partial charge on any atom is -0.314 e. The standard InChI is InChI=1S/C11H10N2O2S.C4H4N2O2/c14-16(15,11-8-4-5-9-12-11)13-10-6-2-1-3-7-10;7-3-1-2-5-4(8)6-3/h1-9,13H;1-2H,(H2,5,6,7,8). The van der Waals surface area contributed by atoms with Crippen molar-refractivity contribution in [1.82, 2.24) is 15.0 Å². The van der Waals surface area contributed by atoms with Gasteiger partial charge in [0.25, 0.3) is 15.6 Å². The number of benzene rings is 1. The van der Waals surface area contributed by atoms with Gasteiger partial charge >= 0.3 is 5.69 Å². The van der Waals surface area contributed by atoms with Gasteiger partial charge in [-0.15, -0.1) is 0 Å². The number of sulfonamides is 1. The van der Waals surface area contributed by atoms with Gasteiger partial charge in [-0.2, -0.15) is 8.42 Å². The Bertz CT molecular complexity index is 957. The lowest BCUT2D eigenvalue weighted by Crippen LogP contribution is -2.19. The zero-order chi connectivity index (χ0) is 17.4. The second kappa shape index (κ2) is 7.88. The SMILES string of the molecule is O=S(=O)(Nc1ccccc1)c1ccccn1.O=c1cc[nH]c(=O)[nH]1. The molecule has 0 saturated heterocycles. The third-order valence-electron chi connectivity index (χ3n) is 2.62. The predicted octanol–water partition coefficient (Wildman–Crippen LogP) is 0.946. The fourth-order valence-electron chi connectivity index (χ4n) is 1.60. The molecular formula is C15H14N4O4S. The highest BCUT2D eigenvalue weighted by molar-refractivity contribution is 7.92. The lowest BCUT2D eigenvalue weighted by molar-refractivity contribution is 0.597. The van der Waals surface area contributed by atoms with Crippen molar-refractivity contribution in [2.24, 2.45) is 0 Å². The van der Waals surface area contributed by atoms with Gasteiger partial charge in [0.15, 0.2) is 5.03 Å². The molecule has 2 aromatic heterocycles. The van der Waals surface area contributed by atoms with Crippen molar-refractivity contribution in [1.29, 1.82) is 0 Å². The molecule has 9 heteroatoms. The molecule has 0 aliphatic rings. The molecule has 8 nitrogen and oxygen atoms in total. The van der Waals surface area contributed by atoms with Gasteiger partial charge < -0.3 is 4.98 Å². The van der Waals surface area contributed by atoms with Crippen LogP contribution in [0.2, 0.25) is 0 Å². The van der Waals surface area contributed by atoms with Crippen molar-refractivity contribution in [3.05, 3.63) is 87.8 Å². The molecule has 1 aromatic carbocycles. The van der Waals surface area contributed by atoms with Gasteiger partial charge in [0, 0.05) is 24.1 Å². The molecular weight excluding hydrogens is 332 g/mol. The summed E-state index contributed by atoms with van der Waals surface area (Å²) in [7, 11) is -3.57. The fourth-order valence-corrected chi connectivity index (χ4v) is 2.61. The minimum atomic E-state index is -3.57. The van der Waals surface area contributed by atoms with Crippen LogP contribution in [0.25, 0.3) is 0 Å². The highest BCUT2D eigenvalue weighted by Crippen LogP contribution is 2.12. The quantitative estimate of drug-likeness (QED) is 0.651. The number of anilines is 1. The van der Waals surface area contributed by atoms with Crippen molar-refractivity contribution < 1.29 is 8.42 Å². The number of rotatable bonds is 3. The van der Waals surface area contributed by atoms with Crippen LogP contribution in [-0.2, 0) is 10.0 Å². The maximum Gasteiger partial charge on any atom is 0.325 e. The molecule has 0 saturated carbocycles. The topological polar surface area (TPSA) is 125 Å². The van der Waals surface area contributed by atoms with Gasteiger partial charge in [-0.3, -0.25) is 14.5 Å². The van der Waals surface area contributed by atoms with Gasteiger partial charge in [-0.05, 0) is 24.3 Å². The van der Waals surface area contributed by atoms with Gasteiger partial charge in [0.05, 0.1) is 0 Å². The lowest BCUT2D eigenvalue weighted by Gasteiger charge is -2.06. The second-order valence-corrected chi connectivity index (χ2v) is 6.06. The Labute approximate surface area is 137 Å². The minimum absolute atomic E-state index is 0.0128. The molecule has 3 rings (SSSR count). The normalized spacial score (nSPS) is 10.3. The van der Waals surface area contributed by atoms with E-state index in [0.717, 1.165) is 0 Å². The summed E-state index contributed by atoms with van der Waals surface area (Å²) in [5, 5.41) is 0.0128. The van der Waals surface area contributed by atoms with E-state index in [0.29, 0.717) is 5.69 Å². The van der Waals surface area contributed by atoms with E-state index in [-0.39, 0.29) is 10.6 Å². The van der Waals surface area contributed by atoms with Crippen molar-refractivity contribution in [3.8, 4) is 0 Å². The predicted molar refractivity (Wildman–Crippen MR) is 89.2 cm³/mol. The fraction of sp³-hybridized carbons (Fsp3) is 0. The van der Waals surface area contributed by atoms with Gasteiger partial charge in [0.2, 0.25) is 0 Å². The first kappa shape index (κ1) is 17.2. The molecule has 0 unspecified atom stereocenters. The maximum atomic E-state index is 11.8. The largest absolute Gasteiger partial charge is 0.325 e. The Balaban J connectivity index is 0.000000219. The number of pyridine rings is 1. The summed E-state index contributed by atoms with van der Waals surface area (Å²) in [6.07, 6.45) is 2.74. The van der Waals surface area contributed by atoms with Crippen LogP contribution in [0.5, 0.6) is 0 Å². The Hall–Kier alpha value is -3.20. The molecule has 3 N–H and O–H groups in total. The van der Waals surface area contributed by atoms with Crippen molar-refractivity contribution in [2.45, 2.75) is 5.03 Å². The first-order chi connectivity index (χ1) is 11.5. The molecule has 0 aliphatic carbocycles. The lowest BCUT2D eigenvalue weighted by atomic mass is 10.3. The molecule has 24 heavy (non-hydrogen) atoms. The van der Waals surface area contributed by atoms with Gasteiger partial charge in [-0.1, -0.05) is 24.3 Å². The monoisotopic (exact) mass is 346 g/mol. The summed E-state index contributed by atoms with van der Waals surface area (Å²) in [6.45, 7) is 0. The van der Waals surface area contributed by atoms with Crippen molar-refractivity contribution in [2.75, 3.05) is 4.72 Å². The molecule has 0 radical (unpaired) electrons. The maximum absolute atomic E-state index is 11.8. The summed E-state index contributed by atoms with van der Waals surface area (Å²) in [6, 6.07) is 14.7. The van der Waals surface area contributed by atoms with E-state index in [1.807, 2.05) is 11.1 Å². The summed E-state index contributed by atoms with van der Waals surface area (Å²) in [5.74, 6) is 0. The molecule has 0 bridgehead atoms. The van der Waals surface area contributed by atoms with Crippen LogP contribution in [0.1, 0.15) is 0 Å². The Kier molecular flexibility index (Phi) is 5.63. The van der Waals surface area contributed by atoms with Crippen LogP contribution in [-0.4, -0.2) is 23.4 Å². The van der Waals surface area contributed by atoms with Crippen molar-refractivity contribution in [3.63, 3.8) is 0 Å². The first-order valence-corrected chi connectivity index (χ1v) is 8.22. The molecule has 0 amide bonds. The molecule has 2 heterocycles. The van der Waals surface area contributed by atoms with Crippen LogP contribution in [0.3, 0.4) is 0 Å². The number of para-hydroxylation sites is 1. The molecule has 0 fully saturated rings. The number of aromatic nitrogens is 3. The molecule has 0 atom stereocenters. The average Bonchev–Trinajstić information content (AvgIpc) is 2.57. The second-order valence-electron chi connectivity index (χ2n) is 4.44. The Morgan fingerprint density at radius 2 is 1.62 bits per heavy atom. The number of nitrogens with one attached hydrogen (secondary N) is 3. The Morgan fingerprint density at radius 3 is 2.17 bits per heavy atom. The van der Waals surface area contributed by atoms with E-state index in [1.54, 1.807) is 36.4 Å². The average molecular weight is 346 g/mol. The molecule has 0 aliphatic heterocycles. The zero-order valence-electron chi connectivity index (χ0n) is 12.3. The van der Waals surface area contributed by atoms with E-state index in [9.17, 15) is 18.0 Å².